The van der Waals surface area contributed by atoms with Crippen LogP contribution in [0.4, 0.5) is 0 Å². The molecule has 1 aromatic carbocycles. The number of hydrogen-bond acceptors (Lipinski definition) is 6. The van der Waals surface area contributed by atoms with Gasteiger partial charge in [0.2, 0.25) is 0 Å². The van der Waals surface area contributed by atoms with E-state index in [1.807, 2.05) is 89.4 Å². The lowest BCUT2D eigenvalue weighted by molar-refractivity contribution is 0.0837. The van der Waals surface area contributed by atoms with E-state index in [-0.39, 0.29) is 0 Å². The normalized spacial score (nSPS) is 13.0. The molecule has 170 valence electrons. The minimum Gasteiger partial charge on any atom is -0.371 e. The highest BCUT2D eigenvalue weighted by molar-refractivity contribution is 6.67. The molecule has 0 saturated carbocycles. The van der Waals surface area contributed by atoms with E-state index >= 15 is 0 Å². The van der Waals surface area contributed by atoms with Gasteiger partial charge in [-0.25, -0.2) is 0 Å². The van der Waals surface area contributed by atoms with E-state index in [1.54, 1.807) is 0 Å². The topological polar surface area (TPSA) is 55.4 Å². The molecule has 0 fully saturated rings. The van der Waals surface area contributed by atoms with Crippen molar-refractivity contribution >= 4 is 29.8 Å². The van der Waals surface area contributed by atoms with Crippen LogP contribution in [0.3, 0.4) is 0 Å². The Morgan fingerprint density at radius 3 is 1.03 bits per heavy atom. The molecule has 0 heterocycles. The van der Waals surface area contributed by atoms with Crippen molar-refractivity contribution in [3.63, 3.8) is 0 Å². The Balaban J connectivity index is 3.24. The first kappa shape index (κ1) is 26.9. The number of benzene rings is 1. The zero-order chi connectivity index (χ0) is 22.3. The molecule has 0 bridgehead atoms. The number of rotatable bonds is 16. The van der Waals surface area contributed by atoms with Crippen molar-refractivity contribution in [2.45, 2.75) is 41.5 Å². The summed E-state index contributed by atoms with van der Waals surface area (Å²) in [5.74, 6) is 0. The SMILES string of the molecule is CCO[Si](C=Cc1ccccc1C=C[Si](OCC)(OCC)OCC)(OCC)OCC. The Labute approximate surface area is 184 Å². The first-order valence-corrected chi connectivity index (χ1v) is 14.5. The monoisotopic (exact) mass is 454 g/mol. The van der Waals surface area contributed by atoms with Gasteiger partial charge in [-0.3, -0.25) is 0 Å². The molecule has 0 amide bonds. The largest absolute Gasteiger partial charge is 0.529 e. The fourth-order valence-electron chi connectivity index (χ4n) is 2.94. The van der Waals surface area contributed by atoms with Gasteiger partial charge in [-0.15, -0.1) is 0 Å². The summed E-state index contributed by atoms with van der Waals surface area (Å²) < 4.78 is 35.5. The quantitative estimate of drug-likeness (QED) is 0.332. The van der Waals surface area contributed by atoms with Crippen LogP contribution in [0.5, 0.6) is 0 Å². The summed E-state index contributed by atoms with van der Waals surface area (Å²) in [4.78, 5) is 0. The molecule has 30 heavy (non-hydrogen) atoms. The fourth-order valence-corrected chi connectivity index (χ4v) is 7.20. The van der Waals surface area contributed by atoms with Gasteiger partial charge in [0.1, 0.15) is 0 Å². The van der Waals surface area contributed by atoms with Crippen LogP contribution in [0.2, 0.25) is 0 Å². The van der Waals surface area contributed by atoms with Crippen LogP contribution in [0.15, 0.2) is 35.7 Å². The molecule has 0 N–H and O–H groups in total. The van der Waals surface area contributed by atoms with Crippen molar-refractivity contribution in [3.05, 3.63) is 46.8 Å². The van der Waals surface area contributed by atoms with Crippen molar-refractivity contribution in [2.75, 3.05) is 39.6 Å². The molecule has 0 atom stereocenters. The van der Waals surface area contributed by atoms with Gasteiger partial charge in [-0.05, 0) is 64.1 Å². The standard InChI is InChI=1S/C22H38O6Si2/c1-7-23-29(24-8-2,25-9-3)19-17-21-15-13-14-16-22(21)18-20-30(26-10-4,27-11-5)28-12-6/h13-20H,7-12H2,1-6H3. The maximum atomic E-state index is 5.92. The van der Waals surface area contributed by atoms with E-state index < -0.39 is 17.6 Å². The van der Waals surface area contributed by atoms with Crippen LogP contribution in [0, 0.1) is 0 Å². The van der Waals surface area contributed by atoms with E-state index in [2.05, 4.69) is 0 Å². The maximum Gasteiger partial charge on any atom is 0.529 e. The van der Waals surface area contributed by atoms with Gasteiger partial charge in [-0.1, -0.05) is 36.4 Å². The molecule has 1 rings (SSSR count). The Morgan fingerprint density at radius 2 is 0.800 bits per heavy atom. The van der Waals surface area contributed by atoms with Gasteiger partial charge in [-0.2, -0.15) is 0 Å². The van der Waals surface area contributed by atoms with Gasteiger partial charge in [0.05, 0.1) is 0 Å². The lowest BCUT2D eigenvalue weighted by atomic mass is 10.1. The van der Waals surface area contributed by atoms with E-state index in [9.17, 15) is 0 Å². The molecule has 0 aromatic heterocycles. The molecule has 1 aromatic rings. The molecule has 0 saturated heterocycles. The van der Waals surface area contributed by atoms with Crippen molar-refractivity contribution in [2.24, 2.45) is 0 Å². The highest BCUT2D eigenvalue weighted by Crippen LogP contribution is 2.20. The molecule has 0 spiro atoms. The van der Waals surface area contributed by atoms with Gasteiger partial charge in [0.15, 0.2) is 0 Å². The van der Waals surface area contributed by atoms with E-state index in [0.717, 1.165) is 11.1 Å². The number of hydrogen-bond donors (Lipinski definition) is 0. The smallest absolute Gasteiger partial charge is 0.371 e. The summed E-state index contributed by atoms with van der Waals surface area (Å²) in [6.07, 6.45) is 4.02. The van der Waals surface area contributed by atoms with Crippen molar-refractivity contribution in [3.8, 4) is 0 Å². The van der Waals surface area contributed by atoms with Crippen LogP contribution in [-0.4, -0.2) is 57.3 Å². The van der Waals surface area contributed by atoms with E-state index in [0.29, 0.717) is 39.6 Å². The summed E-state index contributed by atoms with van der Waals surface area (Å²) >= 11 is 0. The van der Waals surface area contributed by atoms with Crippen LogP contribution < -0.4 is 0 Å². The minimum atomic E-state index is -2.87. The first-order chi connectivity index (χ1) is 14.5. The molecular weight excluding hydrogens is 416 g/mol. The van der Waals surface area contributed by atoms with Crippen molar-refractivity contribution in [1.29, 1.82) is 0 Å². The van der Waals surface area contributed by atoms with Gasteiger partial charge < -0.3 is 26.6 Å². The molecular formula is C22H38O6Si2. The average Bonchev–Trinajstić information content (AvgIpc) is 2.73. The third-order valence-electron chi connectivity index (χ3n) is 4.00. The van der Waals surface area contributed by atoms with Crippen molar-refractivity contribution in [1.82, 2.24) is 0 Å². The second-order valence-corrected chi connectivity index (χ2v) is 10.9. The molecule has 8 heteroatoms. The Morgan fingerprint density at radius 1 is 0.533 bits per heavy atom. The molecule has 0 aliphatic carbocycles. The van der Waals surface area contributed by atoms with E-state index in [4.69, 9.17) is 26.6 Å². The van der Waals surface area contributed by atoms with Crippen LogP contribution in [0.25, 0.3) is 12.2 Å². The average molecular weight is 455 g/mol. The lowest BCUT2D eigenvalue weighted by Crippen LogP contribution is -2.44. The Bertz CT molecular complexity index is 561. The molecule has 6 nitrogen and oxygen atoms in total. The highest BCUT2D eigenvalue weighted by Gasteiger charge is 2.38. The van der Waals surface area contributed by atoms with Crippen LogP contribution in [-0.2, 0) is 26.6 Å². The third kappa shape index (κ3) is 8.56. The van der Waals surface area contributed by atoms with Gasteiger partial charge >= 0.3 is 17.6 Å². The van der Waals surface area contributed by atoms with Crippen LogP contribution >= 0.6 is 0 Å². The highest BCUT2D eigenvalue weighted by atomic mass is 28.4. The molecule has 0 aliphatic heterocycles. The predicted molar refractivity (Wildman–Crippen MR) is 126 cm³/mol. The van der Waals surface area contributed by atoms with Crippen molar-refractivity contribution < 1.29 is 26.6 Å². The molecule has 0 aliphatic rings. The summed E-state index contributed by atoms with van der Waals surface area (Å²) in [5, 5.41) is 0. The Kier molecular flexibility index (Phi) is 13.3. The molecule has 0 unspecified atom stereocenters. The second-order valence-electron chi connectivity index (χ2n) is 6.10. The molecule has 0 radical (unpaired) electrons. The predicted octanol–water partition coefficient (Wildman–Crippen LogP) is 4.89. The third-order valence-corrected chi connectivity index (χ3v) is 9.30. The maximum absolute atomic E-state index is 5.92. The zero-order valence-electron chi connectivity index (χ0n) is 19.3. The summed E-state index contributed by atoms with van der Waals surface area (Å²) in [6, 6.07) is 8.09. The Hall–Kier alpha value is -1.11. The van der Waals surface area contributed by atoms with Gasteiger partial charge in [0, 0.05) is 39.6 Å². The first-order valence-electron chi connectivity index (χ1n) is 10.8. The van der Waals surface area contributed by atoms with Gasteiger partial charge in [0.25, 0.3) is 0 Å². The van der Waals surface area contributed by atoms with Crippen LogP contribution in [0.1, 0.15) is 52.7 Å². The summed E-state index contributed by atoms with van der Waals surface area (Å²) in [5.41, 5.74) is 5.96. The van der Waals surface area contributed by atoms with E-state index in [1.165, 1.54) is 0 Å². The minimum absolute atomic E-state index is 0.531. The fraction of sp³-hybridized carbons (Fsp3) is 0.545. The lowest BCUT2D eigenvalue weighted by Gasteiger charge is -2.25. The summed E-state index contributed by atoms with van der Waals surface area (Å²) in [7, 11) is -5.74. The second kappa shape index (κ2) is 14.8. The zero-order valence-corrected chi connectivity index (χ0v) is 21.3. The summed E-state index contributed by atoms with van der Waals surface area (Å²) in [6.45, 7) is 14.9.